The third-order valence-corrected chi connectivity index (χ3v) is 4.75. The molecule has 1 amide bonds. The van der Waals surface area contributed by atoms with Crippen molar-refractivity contribution in [2.45, 2.75) is 58.4 Å². The maximum absolute atomic E-state index is 11.8. The van der Waals surface area contributed by atoms with E-state index in [1.807, 2.05) is 6.07 Å². The van der Waals surface area contributed by atoms with Gasteiger partial charge in [-0.3, -0.25) is 4.79 Å². The van der Waals surface area contributed by atoms with Crippen molar-refractivity contribution in [1.29, 1.82) is 0 Å². The number of carbonyl (C=O) groups is 1. The molecule has 0 aromatic carbocycles. The Hall–Kier alpha value is -1.32. The van der Waals surface area contributed by atoms with E-state index >= 15 is 0 Å². The van der Waals surface area contributed by atoms with Gasteiger partial charge in [0.15, 0.2) is 11.7 Å². The van der Waals surface area contributed by atoms with Crippen molar-refractivity contribution >= 4 is 35.8 Å². The molecule has 1 aromatic heterocycles. The zero-order valence-corrected chi connectivity index (χ0v) is 19.3. The lowest BCUT2D eigenvalue weighted by atomic mass is 9.89. The number of hydrogen-bond donors (Lipinski definition) is 2. The molecule has 0 bridgehead atoms. The Bertz CT molecular complexity index is 595. The minimum absolute atomic E-state index is 0. The third kappa shape index (κ3) is 8.49. The predicted octanol–water partition coefficient (Wildman–Crippen LogP) is 3.12. The van der Waals surface area contributed by atoms with Crippen LogP contribution >= 0.6 is 24.0 Å². The maximum atomic E-state index is 11.8. The van der Waals surface area contributed by atoms with Gasteiger partial charge in [-0.05, 0) is 24.7 Å². The fraction of sp³-hybridized carbons (Fsp3) is 0.737. The summed E-state index contributed by atoms with van der Waals surface area (Å²) in [6, 6.07) is 1.96. The summed E-state index contributed by atoms with van der Waals surface area (Å²) in [6.45, 7) is 5.67. The van der Waals surface area contributed by atoms with Crippen LogP contribution in [0.15, 0.2) is 15.6 Å². The highest BCUT2D eigenvalue weighted by Gasteiger charge is 2.14. The average Bonchev–Trinajstić information content (AvgIpc) is 3.11. The number of halogens is 1. The van der Waals surface area contributed by atoms with E-state index in [0.717, 1.165) is 18.0 Å². The number of aliphatic imine (C=N–C) groups is 1. The molecule has 2 N–H and O–H groups in total. The fourth-order valence-corrected chi connectivity index (χ4v) is 2.95. The summed E-state index contributed by atoms with van der Waals surface area (Å²) >= 11 is 0. The molecule has 0 aliphatic heterocycles. The Morgan fingerprint density at radius 1 is 1.30 bits per heavy atom. The van der Waals surface area contributed by atoms with Crippen LogP contribution in [0.25, 0.3) is 0 Å². The van der Waals surface area contributed by atoms with Crippen LogP contribution in [0.3, 0.4) is 0 Å². The number of amides is 1. The van der Waals surface area contributed by atoms with Gasteiger partial charge in [0.1, 0.15) is 6.54 Å². The quantitative estimate of drug-likeness (QED) is 0.348. The molecule has 0 radical (unpaired) electrons. The second-order valence-corrected chi connectivity index (χ2v) is 7.56. The molecular formula is C19H34IN5O2. The molecule has 2 rings (SSSR count). The molecule has 8 heteroatoms. The molecule has 154 valence electrons. The van der Waals surface area contributed by atoms with Gasteiger partial charge in [-0.15, -0.1) is 24.0 Å². The molecule has 0 spiro atoms. The number of guanidine groups is 1. The summed E-state index contributed by atoms with van der Waals surface area (Å²) in [7, 11) is 3.48. The largest absolute Gasteiger partial charge is 0.359 e. The molecule has 1 fully saturated rings. The predicted molar refractivity (Wildman–Crippen MR) is 118 cm³/mol. The van der Waals surface area contributed by atoms with E-state index < -0.39 is 0 Å². The SMILES string of the molecule is CC(C)c1cc(CNC(=NCC(=O)N(C)C)NCC2CCCCC2)on1.I. The molecule has 1 saturated carbocycles. The van der Waals surface area contributed by atoms with Gasteiger partial charge in [-0.1, -0.05) is 38.3 Å². The zero-order chi connectivity index (χ0) is 18.9. The maximum Gasteiger partial charge on any atom is 0.243 e. The lowest BCUT2D eigenvalue weighted by Gasteiger charge is -2.23. The summed E-state index contributed by atoms with van der Waals surface area (Å²) in [4.78, 5) is 17.8. The van der Waals surface area contributed by atoms with Crippen LogP contribution in [-0.4, -0.2) is 49.1 Å². The summed E-state index contributed by atoms with van der Waals surface area (Å²) in [5.41, 5.74) is 0.943. The highest BCUT2D eigenvalue weighted by Crippen LogP contribution is 2.22. The van der Waals surface area contributed by atoms with Crippen molar-refractivity contribution in [3.63, 3.8) is 0 Å². The second-order valence-electron chi connectivity index (χ2n) is 7.56. The van der Waals surface area contributed by atoms with Gasteiger partial charge >= 0.3 is 0 Å². The number of carbonyl (C=O) groups excluding carboxylic acids is 1. The summed E-state index contributed by atoms with van der Waals surface area (Å²) in [5, 5.41) is 10.7. The number of rotatable bonds is 7. The smallest absolute Gasteiger partial charge is 0.243 e. The highest BCUT2D eigenvalue weighted by atomic mass is 127. The van der Waals surface area contributed by atoms with Gasteiger partial charge in [-0.2, -0.15) is 0 Å². The van der Waals surface area contributed by atoms with E-state index in [0.29, 0.717) is 24.3 Å². The van der Waals surface area contributed by atoms with Crippen molar-refractivity contribution in [2.75, 3.05) is 27.2 Å². The number of nitrogens with zero attached hydrogens (tertiary/aromatic N) is 3. The highest BCUT2D eigenvalue weighted by molar-refractivity contribution is 14.0. The van der Waals surface area contributed by atoms with E-state index in [4.69, 9.17) is 4.52 Å². The second kappa shape index (κ2) is 12.2. The van der Waals surface area contributed by atoms with Crippen molar-refractivity contribution in [3.05, 3.63) is 17.5 Å². The van der Waals surface area contributed by atoms with Crippen LogP contribution in [0.1, 0.15) is 63.3 Å². The zero-order valence-electron chi connectivity index (χ0n) is 17.0. The van der Waals surface area contributed by atoms with Crippen LogP contribution in [0.4, 0.5) is 0 Å². The van der Waals surface area contributed by atoms with E-state index in [2.05, 4.69) is 34.6 Å². The van der Waals surface area contributed by atoms with Crippen LogP contribution in [-0.2, 0) is 11.3 Å². The first kappa shape index (κ1) is 23.7. The first-order valence-corrected chi connectivity index (χ1v) is 9.63. The molecule has 1 aliphatic carbocycles. The normalized spacial score (nSPS) is 15.4. The third-order valence-electron chi connectivity index (χ3n) is 4.75. The first-order chi connectivity index (χ1) is 12.5. The van der Waals surface area contributed by atoms with E-state index in [1.165, 1.54) is 32.1 Å². The first-order valence-electron chi connectivity index (χ1n) is 9.63. The molecule has 27 heavy (non-hydrogen) atoms. The minimum Gasteiger partial charge on any atom is -0.359 e. The van der Waals surface area contributed by atoms with Crippen LogP contribution in [0, 0.1) is 5.92 Å². The summed E-state index contributed by atoms with van der Waals surface area (Å²) in [6.07, 6.45) is 6.48. The fourth-order valence-electron chi connectivity index (χ4n) is 2.95. The molecular weight excluding hydrogens is 457 g/mol. The van der Waals surface area contributed by atoms with Crippen LogP contribution in [0.5, 0.6) is 0 Å². The monoisotopic (exact) mass is 491 g/mol. The Morgan fingerprint density at radius 3 is 2.59 bits per heavy atom. The van der Waals surface area contributed by atoms with Gasteiger partial charge in [0, 0.05) is 26.7 Å². The number of hydrogen-bond acceptors (Lipinski definition) is 4. The lowest BCUT2D eigenvalue weighted by molar-refractivity contribution is -0.127. The Balaban J connectivity index is 0.00000364. The molecule has 7 nitrogen and oxygen atoms in total. The van der Waals surface area contributed by atoms with Crippen LogP contribution < -0.4 is 10.6 Å². The molecule has 0 saturated heterocycles. The van der Waals surface area contributed by atoms with Crippen molar-refractivity contribution < 1.29 is 9.32 Å². The van der Waals surface area contributed by atoms with Gasteiger partial charge in [0.25, 0.3) is 0 Å². The summed E-state index contributed by atoms with van der Waals surface area (Å²) < 4.78 is 5.36. The van der Waals surface area contributed by atoms with E-state index in [1.54, 1.807) is 19.0 Å². The van der Waals surface area contributed by atoms with Crippen LogP contribution in [0.2, 0.25) is 0 Å². The summed E-state index contributed by atoms with van der Waals surface area (Å²) in [5.74, 6) is 2.40. The van der Waals surface area contributed by atoms with Crippen molar-refractivity contribution in [1.82, 2.24) is 20.7 Å². The Kier molecular flexibility index (Phi) is 10.7. The number of aromatic nitrogens is 1. The standard InChI is InChI=1S/C19H33N5O2.HI/c1-14(2)17-10-16(26-23-17)12-21-19(22-13-18(25)24(3)4)20-11-15-8-6-5-7-9-15;/h10,14-15H,5-9,11-13H2,1-4H3,(H2,20,21,22);1H. The molecule has 1 heterocycles. The van der Waals surface area contributed by atoms with Gasteiger partial charge in [-0.25, -0.2) is 4.99 Å². The number of likely N-dealkylation sites (N-methyl/N-ethyl adjacent to an activating group) is 1. The molecule has 1 aliphatic rings. The average molecular weight is 491 g/mol. The Morgan fingerprint density at radius 2 is 2.00 bits per heavy atom. The van der Waals surface area contributed by atoms with Crippen molar-refractivity contribution in [3.8, 4) is 0 Å². The molecule has 0 atom stereocenters. The van der Waals surface area contributed by atoms with E-state index in [9.17, 15) is 4.79 Å². The van der Waals surface area contributed by atoms with E-state index in [-0.39, 0.29) is 36.4 Å². The topological polar surface area (TPSA) is 82.8 Å². The molecule has 1 aromatic rings. The molecule has 0 unspecified atom stereocenters. The Labute approximate surface area is 179 Å². The number of nitrogens with one attached hydrogen (secondary N) is 2. The van der Waals surface area contributed by atoms with Gasteiger partial charge in [0.05, 0.1) is 12.2 Å². The van der Waals surface area contributed by atoms with Crippen molar-refractivity contribution in [2.24, 2.45) is 10.9 Å². The van der Waals surface area contributed by atoms with Gasteiger partial charge < -0.3 is 20.1 Å². The lowest BCUT2D eigenvalue weighted by Crippen LogP contribution is -2.40. The van der Waals surface area contributed by atoms with Gasteiger partial charge in [0.2, 0.25) is 5.91 Å². The minimum atomic E-state index is -0.0227.